The van der Waals surface area contributed by atoms with E-state index >= 15 is 0 Å². The highest BCUT2D eigenvalue weighted by Crippen LogP contribution is 2.30. The Balaban J connectivity index is 1.24. The average molecular weight is 398 g/mol. The molecule has 3 fully saturated rings. The summed E-state index contributed by atoms with van der Waals surface area (Å²) in [5.74, 6) is 0.639. The molecule has 2 aliphatic carbocycles. The Morgan fingerprint density at radius 1 is 0.759 bits per heavy atom. The van der Waals surface area contributed by atoms with Gasteiger partial charge in [-0.3, -0.25) is 14.4 Å². The summed E-state index contributed by atoms with van der Waals surface area (Å²) in [7, 11) is 0. The molecule has 29 heavy (non-hydrogen) atoms. The number of nitrogens with one attached hydrogen (secondary N) is 2. The zero-order chi connectivity index (χ0) is 20.2. The highest BCUT2D eigenvalue weighted by atomic mass is 16.2. The molecule has 6 nitrogen and oxygen atoms in total. The van der Waals surface area contributed by atoms with Crippen LogP contribution >= 0.6 is 0 Å². The van der Waals surface area contributed by atoms with Crippen molar-refractivity contribution in [3.63, 3.8) is 0 Å². The molecule has 0 unspecified atom stereocenters. The van der Waals surface area contributed by atoms with E-state index in [2.05, 4.69) is 10.6 Å². The van der Waals surface area contributed by atoms with Crippen LogP contribution < -0.4 is 10.6 Å². The number of hydrogen-bond acceptors (Lipinski definition) is 3. The third-order valence-corrected chi connectivity index (χ3v) is 6.45. The first kappa shape index (κ1) is 19.9. The van der Waals surface area contributed by atoms with E-state index in [0.29, 0.717) is 18.7 Å². The van der Waals surface area contributed by atoms with Gasteiger partial charge in [0.1, 0.15) is 0 Å². The van der Waals surface area contributed by atoms with E-state index in [4.69, 9.17) is 0 Å². The van der Waals surface area contributed by atoms with Gasteiger partial charge < -0.3 is 15.5 Å². The number of piperidine rings is 1. The molecule has 0 atom stereocenters. The van der Waals surface area contributed by atoms with Gasteiger partial charge in [-0.05, 0) is 62.8 Å². The first-order valence-corrected chi connectivity index (χ1v) is 11.1. The van der Waals surface area contributed by atoms with Gasteiger partial charge in [0, 0.05) is 42.2 Å². The lowest BCUT2D eigenvalue weighted by atomic mass is 9.88. The van der Waals surface area contributed by atoms with Gasteiger partial charge in [-0.2, -0.15) is 0 Å². The number of rotatable bonds is 5. The zero-order valence-corrected chi connectivity index (χ0v) is 17.0. The summed E-state index contributed by atoms with van der Waals surface area (Å²) in [6, 6.07) is 7.33. The van der Waals surface area contributed by atoms with Gasteiger partial charge in [0.25, 0.3) is 5.91 Å². The van der Waals surface area contributed by atoms with E-state index in [9.17, 15) is 14.4 Å². The number of anilines is 1. The van der Waals surface area contributed by atoms with E-state index in [-0.39, 0.29) is 35.6 Å². The van der Waals surface area contributed by atoms with Gasteiger partial charge in [0.05, 0.1) is 0 Å². The summed E-state index contributed by atoms with van der Waals surface area (Å²) in [5, 5.41) is 6.11. The van der Waals surface area contributed by atoms with Crippen molar-refractivity contribution in [3.05, 3.63) is 29.8 Å². The summed E-state index contributed by atoms with van der Waals surface area (Å²) >= 11 is 0. The average Bonchev–Trinajstić information content (AvgIpc) is 3.60. The normalized spacial score (nSPS) is 20.9. The Labute approximate surface area is 172 Å². The lowest BCUT2D eigenvalue weighted by molar-refractivity contribution is -0.127. The van der Waals surface area contributed by atoms with E-state index in [1.165, 1.54) is 6.42 Å². The molecule has 1 saturated heterocycles. The van der Waals surface area contributed by atoms with Crippen LogP contribution in [0.5, 0.6) is 0 Å². The molecule has 3 aliphatic rings. The van der Waals surface area contributed by atoms with E-state index in [1.807, 2.05) is 4.90 Å². The molecule has 1 heterocycles. The van der Waals surface area contributed by atoms with Gasteiger partial charge in [0.15, 0.2) is 0 Å². The number of likely N-dealkylation sites (tertiary alicyclic amines) is 1. The van der Waals surface area contributed by atoms with Crippen molar-refractivity contribution in [2.45, 2.75) is 63.8 Å². The molecule has 0 radical (unpaired) electrons. The predicted molar refractivity (Wildman–Crippen MR) is 111 cm³/mol. The number of carbonyl (C=O) groups excluding carboxylic acids is 3. The molecule has 1 aromatic rings. The van der Waals surface area contributed by atoms with E-state index in [1.54, 1.807) is 24.3 Å². The summed E-state index contributed by atoms with van der Waals surface area (Å²) in [5.41, 5.74) is 1.38. The Kier molecular flexibility index (Phi) is 6.16. The highest BCUT2D eigenvalue weighted by Gasteiger charge is 2.30. The van der Waals surface area contributed by atoms with Crippen LogP contribution in [0.1, 0.15) is 68.1 Å². The fraction of sp³-hybridized carbons (Fsp3) is 0.609. The minimum atomic E-state index is 0.0159. The van der Waals surface area contributed by atoms with E-state index < -0.39 is 0 Å². The van der Waals surface area contributed by atoms with Gasteiger partial charge in [-0.1, -0.05) is 19.3 Å². The highest BCUT2D eigenvalue weighted by molar-refractivity contribution is 5.96. The second kappa shape index (κ2) is 8.97. The fourth-order valence-electron chi connectivity index (χ4n) is 4.38. The van der Waals surface area contributed by atoms with Crippen LogP contribution in [-0.4, -0.2) is 41.8 Å². The molecule has 2 saturated carbocycles. The summed E-state index contributed by atoms with van der Waals surface area (Å²) < 4.78 is 0. The summed E-state index contributed by atoms with van der Waals surface area (Å²) in [4.78, 5) is 38.9. The Hall–Kier alpha value is -2.37. The third kappa shape index (κ3) is 5.17. The Morgan fingerprint density at radius 2 is 1.38 bits per heavy atom. The first-order chi connectivity index (χ1) is 14.1. The van der Waals surface area contributed by atoms with Gasteiger partial charge in [-0.15, -0.1) is 0 Å². The summed E-state index contributed by atoms with van der Waals surface area (Å²) in [6.07, 6.45) is 9.15. The molecular weight excluding hydrogens is 366 g/mol. The van der Waals surface area contributed by atoms with Crippen molar-refractivity contribution in [2.24, 2.45) is 11.8 Å². The Bertz CT molecular complexity index is 743. The van der Waals surface area contributed by atoms with Crippen molar-refractivity contribution in [1.29, 1.82) is 0 Å². The molecule has 1 aliphatic heterocycles. The first-order valence-electron chi connectivity index (χ1n) is 11.1. The quantitative estimate of drug-likeness (QED) is 0.800. The maximum absolute atomic E-state index is 12.8. The smallest absolute Gasteiger partial charge is 0.253 e. The van der Waals surface area contributed by atoms with Gasteiger partial charge in [-0.25, -0.2) is 0 Å². The van der Waals surface area contributed by atoms with Crippen LogP contribution in [0, 0.1) is 11.8 Å². The van der Waals surface area contributed by atoms with Gasteiger partial charge >= 0.3 is 0 Å². The summed E-state index contributed by atoms with van der Waals surface area (Å²) in [6.45, 7) is 1.32. The van der Waals surface area contributed by atoms with Crippen LogP contribution in [0.4, 0.5) is 5.69 Å². The third-order valence-electron chi connectivity index (χ3n) is 6.45. The number of benzene rings is 1. The minimum Gasteiger partial charge on any atom is -0.353 e. The van der Waals surface area contributed by atoms with Crippen LogP contribution in [0.2, 0.25) is 0 Å². The molecule has 0 bridgehead atoms. The molecular formula is C23H31N3O3. The van der Waals surface area contributed by atoms with Crippen molar-refractivity contribution in [3.8, 4) is 0 Å². The van der Waals surface area contributed by atoms with Crippen LogP contribution in [0.25, 0.3) is 0 Å². The zero-order valence-electron chi connectivity index (χ0n) is 17.0. The van der Waals surface area contributed by atoms with Gasteiger partial charge in [0.2, 0.25) is 11.8 Å². The predicted octanol–water partition coefficient (Wildman–Crippen LogP) is 3.34. The van der Waals surface area contributed by atoms with Crippen molar-refractivity contribution >= 4 is 23.4 Å². The monoisotopic (exact) mass is 397 g/mol. The molecule has 156 valence electrons. The molecule has 2 N–H and O–H groups in total. The molecule has 4 rings (SSSR count). The SMILES string of the molecule is O=C(Nc1ccc(C(=O)N2CCC(NC(=O)C3CCCCC3)CC2)cc1)C1CC1. The van der Waals surface area contributed by atoms with Crippen molar-refractivity contribution in [2.75, 3.05) is 18.4 Å². The number of amides is 3. The van der Waals surface area contributed by atoms with Crippen LogP contribution in [-0.2, 0) is 9.59 Å². The topological polar surface area (TPSA) is 78.5 Å². The molecule has 0 aromatic heterocycles. The molecule has 6 heteroatoms. The fourth-order valence-corrected chi connectivity index (χ4v) is 4.38. The molecule has 3 amide bonds. The number of nitrogens with zero attached hydrogens (tertiary/aromatic N) is 1. The lowest BCUT2D eigenvalue weighted by Gasteiger charge is -2.33. The Morgan fingerprint density at radius 3 is 2.00 bits per heavy atom. The molecule has 1 aromatic carbocycles. The van der Waals surface area contributed by atoms with Crippen molar-refractivity contribution < 1.29 is 14.4 Å². The second-order valence-electron chi connectivity index (χ2n) is 8.75. The van der Waals surface area contributed by atoms with E-state index in [0.717, 1.165) is 57.1 Å². The maximum atomic E-state index is 12.8. The largest absolute Gasteiger partial charge is 0.353 e. The van der Waals surface area contributed by atoms with Crippen molar-refractivity contribution in [1.82, 2.24) is 10.2 Å². The lowest BCUT2D eigenvalue weighted by Crippen LogP contribution is -2.48. The second-order valence-corrected chi connectivity index (χ2v) is 8.75. The standard InChI is InChI=1S/C23H31N3O3/c27-21(16-4-2-1-3-5-16)25-20-12-14-26(15-13-20)23(29)18-8-10-19(11-9-18)24-22(28)17-6-7-17/h8-11,16-17,20H,1-7,12-15H2,(H,24,28)(H,25,27). The van der Waals surface area contributed by atoms with Crippen LogP contribution in [0.15, 0.2) is 24.3 Å². The number of carbonyl (C=O) groups is 3. The molecule has 0 spiro atoms. The minimum absolute atomic E-state index is 0.0159. The van der Waals surface area contributed by atoms with Crippen LogP contribution in [0.3, 0.4) is 0 Å². The maximum Gasteiger partial charge on any atom is 0.253 e. The number of hydrogen-bond donors (Lipinski definition) is 2.